The van der Waals surface area contributed by atoms with E-state index in [1.807, 2.05) is 14.1 Å². The monoisotopic (exact) mass is 266 g/mol. The maximum absolute atomic E-state index is 4.58. The summed E-state index contributed by atoms with van der Waals surface area (Å²) in [6, 6.07) is 0.400. The number of anilines is 3. The first-order chi connectivity index (χ1) is 9.07. The Balaban J connectivity index is 3.14. The van der Waals surface area contributed by atoms with Crippen LogP contribution in [0, 0.1) is 0 Å². The highest BCUT2D eigenvalue weighted by Gasteiger charge is 2.16. The summed E-state index contributed by atoms with van der Waals surface area (Å²) in [7, 11) is 3.85. The van der Waals surface area contributed by atoms with Crippen LogP contribution >= 0.6 is 0 Å². The van der Waals surface area contributed by atoms with E-state index in [1.165, 1.54) is 0 Å². The van der Waals surface area contributed by atoms with E-state index in [4.69, 9.17) is 0 Å². The molecule has 19 heavy (non-hydrogen) atoms. The lowest BCUT2D eigenvalue weighted by atomic mass is 10.2. The second-order valence-electron chi connectivity index (χ2n) is 4.55. The molecule has 6 nitrogen and oxygen atoms in total. The molecule has 1 atom stereocenters. The standard InChI is InChI=1S/C13H26N6/c1-7-10(4)18(6)12-15-11(14-5)16-13(17-12)19(8-2)9-3/h10H,7-9H2,1-6H3,(H,14,15,16,17). The lowest BCUT2D eigenvalue weighted by molar-refractivity contribution is 0.645. The first-order valence-corrected chi connectivity index (χ1v) is 6.98. The summed E-state index contributed by atoms with van der Waals surface area (Å²) in [5.41, 5.74) is 0. The van der Waals surface area contributed by atoms with Crippen LogP contribution in [0.3, 0.4) is 0 Å². The van der Waals surface area contributed by atoms with E-state index in [0.717, 1.165) is 31.4 Å². The Kier molecular flexibility index (Phi) is 5.79. The molecule has 0 bridgehead atoms. The minimum Gasteiger partial charge on any atom is -0.357 e. The normalized spacial score (nSPS) is 12.1. The predicted octanol–water partition coefficient (Wildman–Crippen LogP) is 1.99. The van der Waals surface area contributed by atoms with Gasteiger partial charge in [-0.1, -0.05) is 6.92 Å². The molecule has 0 aromatic carbocycles. The summed E-state index contributed by atoms with van der Waals surface area (Å²) in [5, 5.41) is 3.01. The first-order valence-electron chi connectivity index (χ1n) is 6.98. The van der Waals surface area contributed by atoms with Crippen LogP contribution in [0.5, 0.6) is 0 Å². The highest BCUT2D eigenvalue weighted by molar-refractivity contribution is 5.45. The van der Waals surface area contributed by atoms with Gasteiger partial charge in [0, 0.05) is 33.2 Å². The van der Waals surface area contributed by atoms with Crippen molar-refractivity contribution in [1.29, 1.82) is 0 Å². The average molecular weight is 266 g/mol. The molecule has 1 unspecified atom stereocenters. The maximum atomic E-state index is 4.58. The van der Waals surface area contributed by atoms with E-state index in [1.54, 1.807) is 0 Å². The van der Waals surface area contributed by atoms with Gasteiger partial charge >= 0.3 is 0 Å². The fourth-order valence-corrected chi connectivity index (χ4v) is 1.74. The Morgan fingerprint density at radius 2 is 1.63 bits per heavy atom. The molecule has 1 aromatic rings. The van der Waals surface area contributed by atoms with Gasteiger partial charge in [0.1, 0.15) is 0 Å². The quantitative estimate of drug-likeness (QED) is 0.814. The largest absolute Gasteiger partial charge is 0.357 e. The molecule has 1 rings (SSSR count). The Morgan fingerprint density at radius 1 is 1.05 bits per heavy atom. The van der Waals surface area contributed by atoms with E-state index >= 15 is 0 Å². The number of aromatic nitrogens is 3. The number of hydrogen-bond acceptors (Lipinski definition) is 6. The molecule has 0 aliphatic carbocycles. The van der Waals surface area contributed by atoms with Gasteiger partial charge in [-0.25, -0.2) is 0 Å². The smallest absolute Gasteiger partial charge is 0.231 e. The number of nitrogens with zero attached hydrogens (tertiary/aromatic N) is 5. The molecule has 0 fully saturated rings. The van der Waals surface area contributed by atoms with Gasteiger partial charge in [-0.15, -0.1) is 0 Å². The van der Waals surface area contributed by atoms with Crippen molar-refractivity contribution in [2.75, 3.05) is 42.3 Å². The summed E-state index contributed by atoms with van der Waals surface area (Å²) in [6.45, 7) is 10.3. The van der Waals surface area contributed by atoms with Crippen molar-refractivity contribution in [1.82, 2.24) is 15.0 Å². The van der Waals surface area contributed by atoms with E-state index < -0.39 is 0 Å². The van der Waals surface area contributed by atoms with Crippen LogP contribution in [0.25, 0.3) is 0 Å². The van der Waals surface area contributed by atoms with Gasteiger partial charge in [-0.05, 0) is 27.2 Å². The summed E-state index contributed by atoms with van der Waals surface area (Å²) in [4.78, 5) is 17.7. The summed E-state index contributed by atoms with van der Waals surface area (Å²) >= 11 is 0. The Labute approximate surface area is 116 Å². The Bertz CT molecular complexity index is 391. The van der Waals surface area contributed by atoms with Crippen LogP contribution < -0.4 is 15.1 Å². The van der Waals surface area contributed by atoms with Gasteiger partial charge in [0.2, 0.25) is 17.8 Å². The molecule has 0 amide bonds. The molecule has 108 valence electrons. The van der Waals surface area contributed by atoms with Crippen molar-refractivity contribution >= 4 is 17.8 Å². The van der Waals surface area contributed by atoms with Crippen LogP contribution in [0.15, 0.2) is 0 Å². The van der Waals surface area contributed by atoms with Crippen LogP contribution in [0.2, 0.25) is 0 Å². The molecule has 0 spiro atoms. The van der Waals surface area contributed by atoms with E-state index in [-0.39, 0.29) is 0 Å². The zero-order valence-electron chi connectivity index (χ0n) is 12.9. The second-order valence-corrected chi connectivity index (χ2v) is 4.55. The molecule has 6 heteroatoms. The summed E-state index contributed by atoms with van der Waals surface area (Å²) < 4.78 is 0. The maximum Gasteiger partial charge on any atom is 0.231 e. The first kappa shape index (κ1) is 15.5. The van der Waals surface area contributed by atoms with Crippen LogP contribution in [-0.4, -0.2) is 48.2 Å². The molecule has 0 radical (unpaired) electrons. The van der Waals surface area contributed by atoms with E-state index in [0.29, 0.717) is 12.0 Å². The summed E-state index contributed by atoms with van der Waals surface area (Å²) in [5.74, 6) is 2.06. The van der Waals surface area contributed by atoms with Crippen molar-refractivity contribution in [3.05, 3.63) is 0 Å². The third kappa shape index (κ3) is 3.68. The van der Waals surface area contributed by atoms with Gasteiger partial charge in [-0.3, -0.25) is 0 Å². The SMILES string of the molecule is CCC(C)N(C)c1nc(NC)nc(N(CC)CC)n1. The van der Waals surface area contributed by atoms with E-state index in [2.05, 4.69) is 57.8 Å². The topological polar surface area (TPSA) is 57.2 Å². The van der Waals surface area contributed by atoms with Crippen molar-refractivity contribution in [2.45, 2.75) is 40.2 Å². The zero-order valence-corrected chi connectivity index (χ0v) is 12.9. The van der Waals surface area contributed by atoms with Crippen molar-refractivity contribution in [3.63, 3.8) is 0 Å². The third-order valence-electron chi connectivity index (χ3n) is 3.45. The fourth-order valence-electron chi connectivity index (χ4n) is 1.74. The van der Waals surface area contributed by atoms with Gasteiger partial charge < -0.3 is 15.1 Å². The van der Waals surface area contributed by atoms with Gasteiger partial charge in [0.05, 0.1) is 0 Å². The number of nitrogens with one attached hydrogen (secondary N) is 1. The minimum atomic E-state index is 0.400. The number of hydrogen-bond donors (Lipinski definition) is 1. The van der Waals surface area contributed by atoms with Crippen LogP contribution in [-0.2, 0) is 0 Å². The van der Waals surface area contributed by atoms with Gasteiger partial charge in [-0.2, -0.15) is 15.0 Å². The Hall–Kier alpha value is -1.59. The number of rotatable bonds is 7. The molecule has 0 saturated heterocycles. The second kappa shape index (κ2) is 7.11. The van der Waals surface area contributed by atoms with Crippen molar-refractivity contribution in [2.24, 2.45) is 0 Å². The van der Waals surface area contributed by atoms with Crippen LogP contribution in [0.4, 0.5) is 17.8 Å². The Morgan fingerprint density at radius 3 is 2.11 bits per heavy atom. The molecular weight excluding hydrogens is 240 g/mol. The molecule has 1 N–H and O–H groups in total. The van der Waals surface area contributed by atoms with Crippen molar-refractivity contribution < 1.29 is 0 Å². The third-order valence-corrected chi connectivity index (χ3v) is 3.45. The van der Waals surface area contributed by atoms with Gasteiger partial charge in [0.25, 0.3) is 0 Å². The highest BCUT2D eigenvalue weighted by Crippen LogP contribution is 2.17. The molecular formula is C13H26N6. The lowest BCUT2D eigenvalue weighted by Gasteiger charge is -2.26. The van der Waals surface area contributed by atoms with Gasteiger partial charge in [0.15, 0.2) is 0 Å². The zero-order chi connectivity index (χ0) is 14.4. The molecule has 0 aliphatic heterocycles. The minimum absolute atomic E-state index is 0.400. The highest BCUT2D eigenvalue weighted by atomic mass is 15.4. The van der Waals surface area contributed by atoms with Crippen LogP contribution in [0.1, 0.15) is 34.1 Å². The molecule has 0 aliphatic rings. The molecule has 1 aromatic heterocycles. The van der Waals surface area contributed by atoms with E-state index in [9.17, 15) is 0 Å². The average Bonchev–Trinajstić information content (AvgIpc) is 2.46. The van der Waals surface area contributed by atoms with Crippen molar-refractivity contribution in [3.8, 4) is 0 Å². The lowest BCUT2D eigenvalue weighted by Crippen LogP contribution is -2.32. The molecule has 1 heterocycles. The predicted molar refractivity (Wildman–Crippen MR) is 81.1 cm³/mol. The fraction of sp³-hybridized carbons (Fsp3) is 0.769. The molecule has 0 saturated carbocycles. The summed E-state index contributed by atoms with van der Waals surface area (Å²) in [6.07, 6.45) is 1.05.